The summed E-state index contributed by atoms with van der Waals surface area (Å²) in [6, 6.07) is 9.91. The number of nitrogens with zero attached hydrogens (tertiary/aromatic N) is 1. The SMILES string of the molecule is N#CC1(c2ccc(Br)cc2)CCO1. The Bertz CT molecular complexity index is 348. The first-order chi connectivity index (χ1) is 6.27. The molecular weight excluding hydrogens is 230 g/mol. The fourth-order valence-corrected chi connectivity index (χ4v) is 1.67. The van der Waals surface area contributed by atoms with Gasteiger partial charge in [-0.05, 0) is 17.7 Å². The molecule has 0 amide bonds. The minimum Gasteiger partial charge on any atom is -0.356 e. The Kier molecular flexibility index (Phi) is 2.10. The van der Waals surface area contributed by atoms with Gasteiger partial charge in [0.25, 0.3) is 0 Å². The van der Waals surface area contributed by atoms with Crippen LogP contribution >= 0.6 is 15.9 Å². The van der Waals surface area contributed by atoms with Crippen LogP contribution in [0.5, 0.6) is 0 Å². The topological polar surface area (TPSA) is 33.0 Å². The average Bonchev–Trinajstić information content (AvgIpc) is 2.07. The van der Waals surface area contributed by atoms with E-state index in [1.54, 1.807) is 0 Å². The maximum absolute atomic E-state index is 8.97. The Balaban J connectivity index is 2.35. The Labute approximate surface area is 85.3 Å². The van der Waals surface area contributed by atoms with E-state index in [2.05, 4.69) is 22.0 Å². The molecule has 0 N–H and O–H groups in total. The molecule has 0 aromatic heterocycles. The Morgan fingerprint density at radius 1 is 1.38 bits per heavy atom. The van der Waals surface area contributed by atoms with Gasteiger partial charge in [-0.2, -0.15) is 5.26 Å². The molecule has 0 saturated carbocycles. The number of hydrogen-bond donors (Lipinski definition) is 0. The summed E-state index contributed by atoms with van der Waals surface area (Å²) >= 11 is 3.35. The van der Waals surface area contributed by atoms with E-state index in [-0.39, 0.29) is 0 Å². The van der Waals surface area contributed by atoms with Crippen molar-refractivity contribution in [2.45, 2.75) is 12.0 Å². The number of benzene rings is 1. The van der Waals surface area contributed by atoms with Crippen molar-refractivity contribution in [1.29, 1.82) is 5.26 Å². The zero-order valence-corrected chi connectivity index (χ0v) is 8.54. The maximum atomic E-state index is 8.97. The summed E-state index contributed by atoms with van der Waals surface area (Å²) in [5.41, 5.74) is 0.283. The second kappa shape index (κ2) is 3.13. The number of ether oxygens (including phenoxy) is 1. The second-order valence-electron chi connectivity index (χ2n) is 3.04. The minimum absolute atomic E-state index is 0.666. The van der Waals surface area contributed by atoms with Gasteiger partial charge in [0.1, 0.15) is 6.07 Å². The van der Waals surface area contributed by atoms with Gasteiger partial charge in [0.05, 0.1) is 6.61 Å². The summed E-state index contributed by atoms with van der Waals surface area (Å²) in [7, 11) is 0. The van der Waals surface area contributed by atoms with Crippen molar-refractivity contribution in [3.63, 3.8) is 0 Å². The first kappa shape index (κ1) is 8.74. The summed E-state index contributed by atoms with van der Waals surface area (Å²) in [6.45, 7) is 0.684. The van der Waals surface area contributed by atoms with E-state index in [0.29, 0.717) is 6.61 Å². The van der Waals surface area contributed by atoms with Crippen LogP contribution in [0.2, 0.25) is 0 Å². The van der Waals surface area contributed by atoms with Crippen LogP contribution in [0.3, 0.4) is 0 Å². The molecule has 13 heavy (non-hydrogen) atoms. The molecule has 66 valence electrons. The van der Waals surface area contributed by atoms with Crippen molar-refractivity contribution in [3.05, 3.63) is 34.3 Å². The second-order valence-corrected chi connectivity index (χ2v) is 3.96. The molecule has 1 fully saturated rings. The monoisotopic (exact) mass is 237 g/mol. The maximum Gasteiger partial charge on any atom is 0.181 e. The molecule has 1 heterocycles. The third-order valence-electron chi connectivity index (χ3n) is 2.29. The van der Waals surface area contributed by atoms with Crippen molar-refractivity contribution in [3.8, 4) is 6.07 Å². The smallest absolute Gasteiger partial charge is 0.181 e. The average molecular weight is 238 g/mol. The molecule has 0 bridgehead atoms. The van der Waals surface area contributed by atoms with E-state index in [4.69, 9.17) is 10.00 Å². The molecule has 3 heteroatoms. The molecule has 1 saturated heterocycles. The molecule has 1 aliphatic rings. The van der Waals surface area contributed by atoms with E-state index in [1.807, 2.05) is 24.3 Å². The van der Waals surface area contributed by atoms with Crippen LogP contribution in [-0.4, -0.2) is 6.61 Å². The third kappa shape index (κ3) is 1.37. The summed E-state index contributed by atoms with van der Waals surface area (Å²) in [5.74, 6) is 0. The van der Waals surface area contributed by atoms with Gasteiger partial charge in [-0.1, -0.05) is 28.1 Å². The molecule has 1 unspecified atom stereocenters. The zero-order chi connectivity index (χ0) is 9.31. The highest BCUT2D eigenvalue weighted by atomic mass is 79.9. The molecular formula is C10H8BrNO. The number of rotatable bonds is 1. The summed E-state index contributed by atoms with van der Waals surface area (Å²) in [5, 5.41) is 8.97. The van der Waals surface area contributed by atoms with E-state index in [0.717, 1.165) is 16.5 Å². The Morgan fingerprint density at radius 3 is 2.38 bits per heavy atom. The van der Waals surface area contributed by atoms with Crippen LogP contribution < -0.4 is 0 Å². The lowest BCUT2D eigenvalue weighted by Gasteiger charge is -2.35. The van der Waals surface area contributed by atoms with Gasteiger partial charge in [-0.25, -0.2) is 0 Å². The van der Waals surface area contributed by atoms with Crippen LogP contribution in [0.25, 0.3) is 0 Å². The van der Waals surface area contributed by atoms with Gasteiger partial charge in [0.2, 0.25) is 0 Å². The van der Waals surface area contributed by atoms with Crippen LogP contribution in [0.1, 0.15) is 12.0 Å². The highest BCUT2D eigenvalue weighted by Gasteiger charge is 2.40. The van der Waals surface area contributed by atoms with Crippen molar-refractivity contribution in [2.24, 2.45) is 0 Å². The first-order valence-electron chi connectivity index (χ1n) is 4.08. The standard InChI is InChI=1S/C10H8BrNO/c11-9-3-1-8(2-4-9)10(7-12)5-6-13-10/h1-4H,5-6H2. The Morgan fingerprint density at radius 2 is 2.00 bits per heavy atom. The van der Waals surface area contributed by atoms with Crippen molar-refractivity contribution in [2.75, 3.05) is 6.61 Å². The molecule has 1 atom stereocenters. The van der Waals surface area contributed by atoms with Crippen LogP contribution in [0, 0.1) is 11.3 Å². The fraction of sp³-hybridized carbons (Fsp3) is 0.300. The first-order valence-corrected chi connectivity index (χ1v) is 4.87. The normalized spacial score (nSPS) is 26.2. The lowest BCUT2D eigenvalue weighted by atomic mass is 9.88. The van der Waals surface area contributed by atoms with Crippen LogP contribution in [0.4, 0.5) is 0 Å². The highest BCUT2D eigenvalue weighted by Crippen LogP contribution is 2.36. The number of hydrogen-bond acceptors (Lipinski definition) is 2. The number of nitriles is 1. The van der Waals surface area contributed by atoms with E-state index in [1.165, 1.54) is 0 Å². The molecule has 0 spiro atoms. The van der Waals surface area contributed by atoms with Crippen molar-refractivity contribution < 1.29 is 4.74 Å². The van der Waals surface area contributed by atoms with Gasteiger partial charge in [0, 0.05) is 10.9 Å². The largest absolute Gasteiger partial charge is 0.356 e. The fourth-order valence-electron chi connectivity index (χ4n) is 1.41. The molecule has 1 aromatic carbocycles. The predicted octanol–water partition coefficient (Wildman–Crippen LogP) is 2.59. The quantitative estimate of drug-likeness (QED) is 0.753. The Hall–Kier alpha value is -0.850. The molecule has 1 aliphatic heterocycles. The van der Waals surface area contributed by atoms with Crippen LogP contribution in [-0.2, 0) is 10.3 Å². The molecule has 2 rings (SSSR count). The minimum atomic E-state index is -0.666. The highest BCUT2D eigenvalue weighted by molar-refractivity contribution is 9.10. The molecule has 0 radical (unpaired) electrons. The lowest BCUT2D eigenvalue weighted by Crippen LogP contribution is -2.39. The van der Waals surface area contributed by atoms with Crippen LogP contribution in [0.15, 0.2) is 28.7 Å². The van der Waals surface area contributed by atoms with E-state index in [9.17, 15) is 0 Å². The van der Waals surface area contributed by atoms with E-state index >= 15 is 0 Å². The number of halogens is 1. The summed E-state index contributed by atoms with van der Waals surface area (Å²) in [4.78, 5) is 0. The molecule has 2 nitrogen and oxygen atoms in total. The van der Waals surface area contributed by atoms with Gasteiger partial charge >= 0.3 is 0 Å². The van der Waals surface area contributed by atoms with Gasteiger partial charge in [0.15, 0.2) is 5.60 Å². The van der Waals surface area contributed by atoms with Gasteiger partial charge in [-0.3, -0.25) is 0 Å². The molecule has 1 aromatic rings. The van der Waals surface area contributed by atoms with Crippen molar-refractivity contribution >= 4 is 15.9 Å². The van der Waals surface area contributed by atoms with Crippen molar-refractivity contribution in [1.82, 2.24) is 0 Å². The summed E-state index contributed by atoms with van der Waals surface area (Å²) in [6.07, 6.45) is 0.797. The third-order valence-corrected chi connectivity index (χ3v) is 2.82. The summed E-state index contributed by atoms with van der Waals surface area (Å²) < 4.78 is 6.33. The van der Waals surface area contributed by atoms with Gasteiger partial charge in [-0.15, -0.1) is 0 Å². The zero-order valence-electron chi connectivity index (χ0n) is 6.96. The van der Waals surface area contributed by atoms with Gasteiger partial charge < -0.3 is 4.74 Å². The van der Waals surface area contributed by atoms with E-state index < -0.39 is 5.60 Å². The molecule has 0 aliphatic carbocycles. The lowest BCUT2D eigenvalue weighted by molar-refractivity contribution is -0.112. The predicted molar refractivity (Wildman–Crippen MR) is 52.0 cm³/mol.